The fourth-order valence-electron chi connectivity index (χ4n) is 9.48. The van der Waals surface area contributed by atoms with Gasteiger partial charge in [0.05, 0.1) is 50.6 Å². The number of aryl methyl sites for hydroxylation is 1. The Balaban J connectivity index is 1.16. The van der Waals surface area contributed by atoms with E-state index in [4.69, 9.17) is 21.1 Å². The maximum absolute atomic E-state index is 14.1. The fourth-order valence-corrected chi connectivity index (χ4v) is 10.9. The van der Waals surface area contributed by atoms with Crippen molar-refractivity contribution in [3.63, 3.8) is 0 Å². The lowest BCUT2D eigenvalue weighted by atomic mass is 9.68. The summed E-state index contributed by atoms with van der Waals surface area (Å²) in [6.07, 6.45) is 6.93. The second-order valence-electron chi connectivity index (χ2n) is 17.2. The average Bonchev–Trinajstić information content (AvgIpc) is 3.28. The Morgan fingerprint density at radius 2 is 1.90 bits per heavy atom. The summed E-state index contributed by atoms with van der Waals surface area (Å²) in [5.41, 5.74) is -0.102. The highest BCUT2D eigenvalue weighted by Gasteiger charge is 2.48. The topological polar surface area (TPSA) is 152 Å². The lowest BCUT2D eigenvalue weighted by Gasteiger charge is -2.46. The van der Waals surface area contributed by atoms with Crippen molar-refractivity contribution in [1.29, 1.82) is 0 Å². The number of carbonyl (C=O) groups excluding carboxylic acids is 2. The molecule has 13 nitrogen and oxygen atoms in total. The molecule has 3 N–H and O–H groups in total. The van der Waals surface area contributed by atoms with E-state index in [1.54, 1.807) is 24.1 Å². The average molecular weight is 848 g/mol. The van der Waals surface area contributed by atoms with Crippen molar-refractivity contribution in [3.8, 4) is 5.75 Å². The molecular formula is C41H52ClF2N5O8S. The lowest BCUT2D eigenvalue weighted by Crippen LogP contribution is -2.60. The van der Waals surface area contributed by atoms with E-state index in [2.05, 4.69) is 11.0 Å². The monoisotopic (exact) mass is 847 g/mol. The molecule has 2 amide bonds. The molecule has 17 heteroatoms. The number of β-amino-alcohol motifs (C(OH)–C–C–N with tert-alkyl or cyclic N) is 1. The standard InChI is InChI=1S/C41H52ClF2N5O8S/c1-46-14-3-2-6-35(56-16-15-47-24-40(43,44)25-47)32-10-7-28(32)20-48-23-39(13-4-5-27-17-30(42)9-11-33(27)39)26-57-36-12-8-29(18-34(36)48)41(53,19-37(46)51)38(52)45-58(54,55)49-21-31(50)22-49/h2,6,8-9,11-12,17-18,28,31-32,35,50,53H,3-5,7,10,13-16,19-26H2,1H3,(H,45,52)/b6-2-/t28-,32+,35-,39-,41+/m0/s1. The number of anilines is 1. The van der Waals surface area contributed by atoms with Crippen LogP contribution in [-0.2, 0) is 42.0 Å². The number of aliphatic hydroxyl groups excluding tert-OH is 1. The van der Waals surface area contributed by atoms with Gasteiger partial charge in [-0.25, -0.2) is 13.5 Å². The van der Waals surface area contributed by atoms with Crippen LogP contribution in [0.1, 0.15) is 55.2 Å². The molecule has 2 saturated heterocycles. The molecule has 2 aliphatic carbocycles. The number of amides is 2. The van der Waals surface area contributed by atoms with Crippen LogP contribution in [0.2, 0.25) is 5.02 Å². The first kappa shape index (κ1) is 41.4. The minimum Gasteiger partial charge on any atom is -0.490 e. The fraction of sp³-hybridized carbons (Fsp3) is 0.610. The van der Waals surface area contributed by atoms with Gasteiger partial charge in [-0.2, -0.15) is 12.7 Å². The van der Waals surface area contributed by atoms with E-state index in [1.807, 2.05) is 29.0 Å². The molecule has 1 spiro atoms. The summed E-state index contributed by atoms with van der Waals surface area (Å²) in [5.74, 6) is -3.75. The minimum absolute atomic E-state index is 0.0275. The molecule has 5 atom stereocenters. The second kappa shape index (κ2) is 15.9. The zero-order chi connectivity index (χ0) is 41.0. The van der Waals surface area contributed by atoms with Crippen molar-refractivity contribution in [3.05, 3.63) is 70.3 Å². The molecular weight excluding hydrogens is 796 g/mol. The number of aliphatic hydroxyl groups is 2. The van der Waals surface area contributed by atoms with Crippen LogP contribution in [0, 0.1) is 11.8 Å². The predicted octanol–water partition coefficient (Wildman–Crippen LogP) is 3.21. The number of ether oxygens (including phenoxy) is 2. The van der Waals surface area contributed by atoms with Crippen LogP contribution in [0.25, 0.3) is 0 Å². The lowest BCUT2D eigenvalue weighted by molar-refractivity contribution is -0.148. The molecule has 8 rings (SSSR count). The number of nitrogens with one attached hydrogen (secondary N) is 1. The van der Waals surface area contributed by atoms with Crippen molar-refractivity contribution >= 4 is 39.3 Å². The van der Waals surface area contributed by atoms with Crippen molar-refractivity contribution in [2.24, 2.45) is 11.8 Å². The molecule has 0 unspecified atom stereocenters. The summed E-state index contributed by atoms with van der Waals surface area (Å²) in [4.78, 5) is 33.2. The first-order valence-electron chi connectivity index (χ1n) is 20.2. The molecule has 3 fully saturated rings. The number of rotatable bonds is 7. The summed E-state index contributed by atoms with van der Waals surface area (Å²) >= 11 is 6.47. The summed E-state index contributed by atoms with van der Waals surface area (Å²) < 4.78 is 69.5. The highest BCUT2D eigenvalue weighted by molar-refractivity contribution is 7.87. The predicted molar refractivity (Wildman–Crippen MR) is 212 cm³/mol. The molecule has 1 saturated carbocycles. The van der Waals surface area contributed by atoms with Gasteiger partial charge in [-0.05, 0) is 91.3 Å². The maximum Gasteiger partial charge on any atom is 0.304 e. The molecule has 4 aliphatic heterocycles. The number of carbonyl (C=O) groups is 2. The number of hydrogen-bond donors (Lipinski definition) is 3. The van der Waals surface area contributed by atoms with Crippen molar-refractivity contribution in [1.82, 2.24) is 18.8 Å². The van der Waals surface area contributed by atoms with Gasteiger partial charge in [0, 0.05) is 56.8 Å². The van der Waals surface area contributed by atoms with Crippen LogP contribution >= 0.6 is 11.6 Å². The van der Waals surface area contributed by atoms with Gasteiger partial charge in [-0.3, -0.25) is 14.5 Å². The van der Waals surface area contributed by atoms with Gasteiger partial charge < -0.3 is 29.5 Å². The summed E-state index contributed by atoms with van der Waals surface area (Å²) in [6.45, 7) is 1.45. The van der Waals surface area contributed by atoms with Crippen LogP contribution in [0.3, 0.4) is 0 Å². The Morgan fingerprint density at radius 3 is 2.62 bits per heavy atom. The number of alkyl halides is 2. The van der Waals surface area contributed by atoms with Crippen LogP contribution in [-0.4, -0.2) is 135 Å². The first-order chi connectivity index (χ1) is 27.5. The zero-order valence-corrected chi connectivity index (χ0v) is 34.2. The number of hydrogen-bond acceptors (Lipinski definition) is 10. The van der Waals surface area contributed by atoms with Crippen molar-refractivity contribution < 1.29 is 46.5 Å². The highest BCUT2D eigenvalue weighted by atomic mass is 35.5. The largest absolute Gasteiger partial charge is 0.490 e. The molecule has 4 heterocycles. The smallest absolute Gasteiger partial charge is 0.304 e. The van der Waals surface area contributed by atoms with Gasteiger partial charge in [-0.1, -0.05) is 35.9 Å². The maximum atomic E-state index is 14.1. The molecule has 58 heavy (non-hydrogen) atoms. The Morgan fingerprint density at radius 1 is 1.10 bits per heavy atom. The number of likely N-dealkylation sites (tertiary alicyclic amines) is 1. The molecule has 2 bridgehead atoms. The van der Waals surface area contributed by atoms with Gasteiger partial charge in [0.2, 0.25) is 5.91 Å². The third-order valence-electron chi connectivity index (χ3n) is 13.1. The minimum atomic E-state index is -4.44. The number of fused-ring (bicyclic) bond motifs is 4. The molecule has 2 aromatic rings. The van der Waals surface area contributed by atoms with E-state index in [0.717, 1.165) is 47.5 Å². The van der Waals surface area contributed by atoms with Gasteiger partial charge in [0.15, 0.2) is 5.60 Å². The van der Waals surface area contributed by atoms with E-state index in [1.165, 1.54) is 11.0 Å². The molecule has 0 aromatic heterocycles. The van der Waals surface area contributed by atoms with Crippen LogP contribution in [0.5, 0.6) is 5.75 Å². The molecule has 0 radical (unpaired) electrons. The third kappa shape index (κ3) is 8.22. The summed E-state index contributed by atoms with van der Waals surface area (Å²) in [7, 11) is -2.89. The quantitative estimate of drug-likeness (QED) is 0.355. The van der Waals surface area contributed by atoms with Crippen LogP contribution in [0.15, 0.2) is 48.6 Å². The third-order valence-corrected chi connectivity index (χ3v) is 14.7. The summed E-state index contributed by atoms with van der Waals surface area (Å²) in [5, 5.41) is 22.8. The first-order valence-corrected chi connectivity index (χ1v) is 22.0. The van der Waals surface area contributed by atoms with Gasteiger partial charge in [-0.15, -0.1) is 0 Å². The molecule has 316 valence electrons. The Kier molecular flexibility index (Phi) is 11.3. The van der Waals surface area contributed by atoms with Gasteiger partial charge in [0.1, 0.15) is 5.75 Å². The van der Waals surface area contributed by atoms with Crippen LogP contribution < -0.4 is 14.4 Å². The number of benzene rings is 2. The second-order valence-corrected chi connectivity index (χ2v) is 19.3. The van der Waals surface area contributed by atoms with Gasteiger partial charge >= 0.3 is 10.2 Å². The Hall–Kier alpha value is -3.38. The van der Waals surface area contributed by atoms with Crippen LogP contribution in [0.4, 0.5) is 14.5 Å². The van der Waals surface area contributed by atoms with E-state index >= 15 is 0 Å². The van der Waals surface area contributed by atoms with E-state index in [9.17, 15) is 37.0 Å². The van der Waals surface area contributed by atoms with Gasteiger partial charge in [0.25, 0.3) is 11.8 Å². The highest BCUT2D eigenvalue weighted by Crippen LogP contribution is 2.48. The molecule has 6 aliphatic rings. The van der Waals surface area contributed by atoms with E-state index in [-0.39, 0.29) is 56.2 Å². The van der Waals surface area contributed by atoms with E-state index in [0.29, 0.717) is 55.7 Å². The number of halogens is 3. The van der Waals surface area contributed by atoms with Crippen molar-refractivity contribution in [2.75, 3.05) is 77.5 Å². The Labute approximate surface area is 343 Å². The normalized spacial score (nSPS) is 31.1. The van der Waals surface area contributed by atoms with E-state index < -0.39 is 51.5 Å². The number of nitrogens with zero attached hydrogens (tertiary/aromatic N) is 4. The molecule has 2 aromatic carbocycles. The zero-order valence-electron chi connectivity index (χ0n) is 32.6. The van der Waals surface area contributed by atoms with Crippen molar-refractivity contribution in [2.45, 2.75) is 74.1 Å². The summed E-state index contributed by atoms with van der Waals surface area (Å²) in [6, 6.07) is 10.8. The SMILES string of the molecule is CN1CC/C=C\[C@H](OCCN2CC(F)(F)C2)[C@@H]2CC[C@H]2CN2C[C@@]3(CCCc4cc(Cl)ccc43)COc3ccc(cc32)[C@@](O)(C(=O)NS(=O)(=O)N2CC(O)C2)CC1=O. The Bertz CT molecular complexity index is 2050.